The topological polar surface area (TPSA) is 65.8 Å². The van der Waals surface area contributed by atoms with Gasteiger partial charge in [-0.15, -0.1) is 12.3 Å². The molecule has 2 aliphatic heterocycles. The Morgan fingerprint density at radius 3 is 2.76 bits per heavy atom. The second kappa shape index (κ2) is 8.26. The summed E-state index contributed by atoms with van der Waals surface area (Å²) in [5.41, 5.74) is 1.60. The van der Waals surface area contributed by atoms with Crippen molar-refractivity contribution in [2.75, 3.05) is 19.6 Å². The molecule has 0 unspecified atom stereocenters. The predicted octanol–water partition coefficient (Wildman–Crippen LogP) is 2.92. The van der Waals surface area contributed by atoms with Gasteiger partial charge in [0, 0.05) is 31.4 Å². The molecule has 1 aromatic rings. The van der Waals surface area contributed by atoms with E-state index < -0.39 is 0 Å². The zero-order chi connectivity index (χ0) is 17.5. The van der Waals surface area contributed by atoms with Gasteiger partial charge < -0.3 is 10.6 Å². The quantitative estimate of drug-likeness (QED) is 0.716. The minimum absolute atomic E-state index is 0.00251. The van der Waals surface area contributed by atoms with Crippen LogP contribution >= 0.6 is 0 Å². The lowest BCUT2D eigenvalue weighted by molar-refractivity contribution is 0.0950. The lowest BCUT2D eigenvalue weighted by Gasteiger charge is -2.23. The molecule has 0 radical (unpaired) electrons. The van der Waals surface area contributed by atoms with E-state index in [2.05, 4.69) is 32.8 Å². The first-order chi connectivity index (χ1) is 12.2. The second-order valence-electron chi connectivity index (χ2n) is 6.95. The lowest BCUT2D eigenvalue weighted by Crippen LogP contribution is -2.31. The molecule has 2 aliphatic rings. The normalized spacial score (nSPS) is 18.5. The van der Waals surface area contributed by atoms with Gasteiger partial charge in [-0.05, 0) is 49.9 Å². The number of hydrogen-bond donors (Lipinski definition) is 2. The lowest BCUT2D eigenvalue weighted by atomic mass is 9.89. The number of carbonyl (C=O) groups is 1. The summed E-state index contributed by atoms with van der Waals surface area (Å²) in [6, 6.07) is 7.95. The van der Waals surface area contributed by atoms with Crippen LogP contribution in [0.2, 0.25) is 0 Å². The van der Waals surface area contributed by atoms with Gasteiger partial charge in [-0.1, -0.05) is 18.2 Å². The van der Waals surface area contributed by atoms with Crippen molar-refractivity contribution in [3.05, 3.63) is 35.4 Å². The van der Waals surface area contributed by atoms with Gasteiger partial charge in [-0.2, -0.15) is 10.2 Å². The third-order valence-electron chi connectivity index (χ3n) is 5.09. The smallest absolute Gasteiger partial charge is 0.251 e. The highest BCUT2D eigenvalue weighted by atomic mass is 16.1. The molecule has 5 heteroatoms. The highest BCUT2D eigenvalue weighted by Crippen LogP contribution is 2.36. The Kier molecular flexibility index (Phi) is 5.83. The van der Waals surface area contributed by atoms with Crippen molar-refractivity contribution in [1.29, 1.82) is 0 Å². The fraction of sp³-hybridized carbons (Fsp3) is 0.550. The van der Waals surface area contributed by atoms with Crippen molar-refractivity contribution in [2.45, 2.75) is 44.2 Å². The van der Waals surface area contributed by atoms with E-state index in [0.29, 0.717) is 18.9 Å². The molecule has 132 valence electrons. The summed E-state index contributed by atoms with van der Waals surface area (Å²) in [7, 11) is 0. The number of nitrogens with zero attached hydrogens (tertiary/aromatic N) is 2. The number of piperidine rings is 1. The van der Waals surface area contributed by atoms with E-state index in [4.69, 9.17) is 6.42 Å². The third-order valence-corrected chi connectivity index (χ3v) is 5.09. The third kappa shape index (κ3) is 4.90. The van der Waals surface area contributed by atoms with Gasteiger partial charge in [0.2, 0.25) is 0 Å². The number of benzene rings is 1. The van der Waals surface area contributed by atoms with E-state index in [1.54, 1.807) is 0 Å². The maximum atomic E-state index is 12.6. The van der Waals surface area contributed by atoms with E-state index in [9.17, 15) is 4.79 Å². The van der Waals surface area contributed by atoms with Crippen LogP contribution in [-0.4, -0.2) is 31.2 Å². The van der Waals surface area contributed by atoms with Crippen LogP contribution < -0.4 is 10.6 Å². The largest absolute Gasteiger partial charge is 0.352 e. The molecule has 0 aromatic heterocycles. The van der Waals surface area contributed by atoms with Crippen LogP contribution in [0.4, 0.5) is 0 Å². The van der Waals surface area contributed by atoms with Crippen LogP contribution in [0.3, 0.4) is 0 Å². The van der Waals surface area contributed by atoms with Crippen molar-refractivity contribution < 1.29 is 4.79 Å². The molecule has 0 bridgehead atoms. The minimum Gasteiger partial charge on any atom is -0.352 e. The van der Waals surface area contributed by atoms with Gasteiger partial charge in [-0.3, -0.25) is 4.79 Å². The molecular formula is C20H26N4O. The minimum atomic E-state index is -0.339. The summed E-state index contributed by atoms with van der Waals surface area (Å²) in [5.74, 6) is 3.28. The summed E-state index contributed by atoms with van der Waals surface area (Å²) < 4.78 is 0. The van der Waals surface area contributed by atoms with Gasteiger partial charge in [0.05, 0.1) is 0 Å². The molecule has 25 heavy (non-hydrogen) atoms. The first-order valence-electron chi connectivity index (χ1n) is 9.17. The van der Waals surface area contributed by atoms with Crippen LogP contribution in [0.5, 0.6) is 0 Å². The van der Waals surface area contributed by atoms with Crippen molar-refractivity contribution in [3.8, 4) is 12.3 Å². The monoisotopic (exact) mass is 338 g/mol. The summed E-state index contributed by atoms with van der Waals surface area (Å²) in [6.45, 7) is 2.72. The van der Waals surface area contributed by atoms with E-state index >= 15 is 0 Å². The average Bonchev–Trinajstić information content (AvgIpc) is 3.41. The Balaban J connectivity index is 1.52. The first kappa shape index (κ1) is 17.6. The van der Waals surface area contributed by atoms with Crippen LogP contribution in [0, 0.1) is 18.3 Å². The highest BCUT2D eigenvalue weighted by molar-refractivity contribution is 5.95. The average molecular weight is 338 g/mol. The Morgan fingerprint density at radius 1 is 1.28 bits per heavy atom. The molecule has 1 saturated heterocycles. The Morgan fingerprint density at radius 2 is 2.04 bits per heavy atom. The molecule has 2 N–H and O–H groups in total. The number of nitrogens with one attached hydrogen (secondary N) is 2. The number of carbonyl (C=O) groups excluding carboxylic acids is 1. The number of terminal acetylenes is 1. The van der Waals surface area contributed by atoms with Crippen LogP contribution in [0.25, 0.3) is 0 Å². The molecule has 0 atom stereocenters. The Hall–Kier alpha value is -2.19. The van der Waals surface area contributed by atoms with Crippen molar-refractivity contribution in [2.24, 2.45) is 16.1 Å². The van der Waals surface area contributed by atoms with Crippen molar-refractivity contribution >= 4 is 5.91 Å². The molecule has 1 amide bonds. The number of amides is 1. The maximum Gasteiger partial charge on any atom is 0.251 e. The standard InChI is InChI=1S/C20H26N4O/c1-2-3-10-20(23-24-20)11-14-22-19(25)18-7-5-4-6-17(18)15-16-8-12-21-13-9-16/h1,4-7,16,21H,3,8-15H2,(H,22,25). The highest BCUT2D eigenvalue weighted by Gasteiger charge is 2.38. The van der Waals surface area contributed by atoms with Gasteiger partial charge in [0.15, 0.2) is 5.66 Å². The fourth-order valence-corrected chi connectivity index (χ4v) is 3.46. The molecule has 0 saturated carbocycles. The Bertz CT molecular complexity index is 665. The number of rotatable bonds is 8. The van der Waals surface area contributed by atoms with Crippen LogP contribution in [-0.2, 0) is 6.42 Å². The van der Waals surface area contributed by atoms with Gasteiger partial charge in [0.25, 0.3) is 5.91 Å². The molecule has 1 aromatic carbocycles. The first-order valence-corrected chi connectivity index (χ1v) is 9.17. The van der Waals surface area contributed by atoms with Gasteiger partial charge >= 0.3 is 0 Å². The molecule has 1 fully saturated rings. The SMILES string of the molecule is C#CCCC1(CCNC(=O)c2ccccc2CC2CCNCC2)N=N1. The zero-order valence-electron chi connectivity index (χ0n) is 14.6. The summed E-state index contributed by atoms with van der Waals surface area (Å²) >= 11 is 0. The van der Waals surface area contributed by atoms with E-state index in [1.807, 2.05) is 18.2 Å². The number of hydrogen-bond acceptors (Lipinski definition) is 4. The fourth-order valence-electron chi connectivity index (χ4n) is 3.46. The molecular weight excluding hydrogens is 312 g/mol. The van der Waals surface area contributed by atoms with Gasteiger partial charge in [0.1, 0.15) is 0 Å². The summed E-state index contributed by atoms with van der Waals surface area (Å²) in [4.78, 5) is 12.6. The van der Waals surface area contributed by atoms with Crippen molar-refractivity contribution in [3.63, 3.8) is 0 Å². The van der Waals surface area contributed by atoms with Crippen LogP contribution in [0.1, 0.15) is 48.0 Å². The van der Waals surface area contributed by atoms with Gasteiger partial charge in [-0.25, -0.2) is 0 Å². The summed E-state index contributed by atoms with van der Waals surface area (Å²) in [6.07, 6.45) is 10.8. The van der Waals surface area contributed by atoms with Crippen molar-refractivity contribution in [1.82, 2.24) is 10.6 Å². The van der Waals surface area contributed by atoms with Crippen LogP contribution in [0.15, 0.2) is 34.5 Å². The van der Waals surface area contributed by atoms with E-state index in [1.165, 1.54) is 12.8 Å². The van der Waals surface area contributed by atoms with E-state index in [-0.39, 0.29) is 11.6 Å². The summed E-state index contributed by atoms with van der Waals surface area (Å²) in [5, 5.41) is 14.6. The molecule has 0 spiro atoms. The molecule has 0 aliphatic carbocycles. The zero-order valence-corrected chi connectivity index (χ0v) is 14.6. The van der Waals surface area contributed by atoms with E-state index in [0.717, 1.165) is 43.5 Å². The second-order valence-corrected chi connectivity index (χ2v) is 6.95. The molecule has 5 nitrogen and oxygen atoms in total. The predicted molar refractivity (Wildman–Crippen MR) is 98.3 cm³/mol. The molecule has 2 heterocycles. The maximum absolute atomic E-state index is 12.6. The Labute approximate surface area is 149 Å². The molecule has 3 rings (SSSR count).